The molecule has 5 nitrogen and oxygen atoms in total. The molecule has 5 heteroatoms. The van der Waals surface area contributed by atoms with Gasteiger partial charge in [-0.25, -0.2) is 4.98 Å². The predicted molar refractivity (Wildman–Crippen MR) is 79.5 cm³/mol. The highest BCUT2D eigenvalue weighted by Gasteiger charge is 2.59. The predicted octanol–water partition coefficient (Wildman–Crippen LogP) is 1.12. The lowest BCUT2D eigenvalue weighted by Crippen LogP contribution is -2.37. The van der Waals surface area contributed by atoms with Gasteiger partial charge in [0.2, 0.25) is 5.91 Å². The first-order valence-electron chi connectivity index (χ1n) is 8.30. The Labute approximate surface area is 125 Å². The lowest BCUT2D eigenvalue weighted by Gasteiger charge is -2.26. The van der Waals surface area contributed by atoms with Gasteiger partial charge >= 0.3 is 0 Å². The Morgan fingerprint density at radius 2 is 2.00 bits per heavy atom. The van der Waals surface area contributed by atoms with Gasteiger partial charge in [0.1, 0.15) is 0 Å². The summed E-state index contributed by atoms with van der Waals surface area (Å²) in [7, 11) is 0. The van der Waals surface area contributed by atoms with Crippen molar-refractivity contribution in [2.45, 2.75) is 38.3 Å². The second kappa shape index (κ2) is 5.44. The standard InChI is InChI=1S/C16H24N4O/c21-16(18-6-8-19-7-5-17-11-19)15-13-9-20(10-14(13)15)12-3-1-2-4-12/h5,7,11-15H,1-4,6,8-10H2,(H,18,21). The molecule has 0 spiro atoms. The molecule has 1 amide bonds. The van der Waals surface area contributed by atoms with E-state index in [9.17, 15) is 4.79 Å². The van der Waals surface area contributed by atoms with Gasteiger partial charge in [-0.1, -0.05) is 12.8 Å². The Bertz CT molecular complexity index is 482. The molecule has 2 saturated carbocycles. The first-order valence-corrected chi connectivity index (χ1v) is 8.30. The van der Waals surface area contributed by atoms with E-state index >= 15 is 0 Å². The molecule has 1 aromatic rings. The van der Waals surface area contributed by atoms with Gasteiger partial charge in [0, 0.05) is 50.5 Å². The van der Waals surface area contributed by atoms with Gasteiger partial charge in [0.15, 0.2) is 0 Å². The van der Waals surface area contributed by atoms with Crippen molar-refractivity contribution in [2.24, 2.45) is 17.8 Å². The van der Waals surface area contributed by atoms with Crippen molar-refractivity contribution < 1.29 is 4.79 Å². The molecule has 21 heavy (non-hydrogen) atoms. The van der Waals surface area contributed by atoms with Crippen LogP contribution in [0.25, 0.3) is 0 Å². The average molecular weight is 288 g/mol. The third-order valence-corrected chi connectivity index (χ3v) is 5.59. The van der Waals surface area contributed by atoms with Crippen LogP contribution in [-0.2, 0) is 11.3 Å². The zero-order valence-electron chi connectivity index (χ0n) is 12.4. The number of imidazole rings is 1. The molecule has 2 aliphatic carbocycles. The summed E-state index contributed by atoms with van der Waals surface area (Å²) < 4.78 is 2.00. The van der Waals surface area contributed by atoms with E-state index in [0.717, 1.165) is 25.7 Å². The minimum absolute atomic E-state index is 0.274. The highest BCUT2D eigenvalue weighted by molar-refractivity contribution is 5.82. The number of hydrogen-bond acceptors (Lipinski definition) is 3. The molecule has 0 radical (unpaired) electrons. The molecule has 3 aliphatic rings. The van der Waals surface area contributed by atoms with Crippen molar-refractivity contribution in [3.63, 3.8) is 0 Å². The molecule has 0 bridgehead atoms. The fourth-order valence-corrected chi connectivity index (χ4v) is 4.36. The van der Waals surface area contributed by atoms with Crippen LogP contribution in [0.4, 0.5) is 0 Å². The smallest absolute Gasteiger partial charge is 0.223 e. The van der Waals surface area contributed by atoms with Crippen molar-refractivity contribution in [3.05, 3.63) is 18.7 Å². The molecule has 1 aromatic heterocycles. The van der Waals surface area contributed by atoms with Crippen molar-refractivity contribution in [1.29, 1.82) is 0 Å². The maximum absolute atomic E-state index is 12.2. The highest BCUT2D eigenvalue weighted by Crippen LogP contribution is 2.53. The van der Waals surface area contributed by atoms with Crippen LogP contribution in [0.1, 0.15) is 25.7 Å². The number of rotatable bonds is 5. The fraction of sp³-hybridized carbons (Fsp3) is 0.750. The van der Waals surface area contributed by atoms with Gasteiger partial charge in [-0.05, 0) is 24.7 Å². The van der Waals surface area contributed by atoms with E-state index in [-0.39, 0.29) is 5.91 Å². The van der Waals surface area contributed by atoms with Crippen LogP contribution in [-0.4, -0.2) is 46.0 Å². The molecule has 114 valence electrons. The molecule has 2 heterocycles. The summed E-state index contributed by atoms with van der Waals surface area (Å²) in [6.07, 6.45) is 11.0. The summed E-state index contributed by atoms with van der Waals surface area (Å²) in [6.45, 7) is 3.84. The number of nitrogens with zero attached hydrogens (tertiary/aromatic N) is 3. The normalized spacial score (nSPS) is 32.3. The Balaban J connectivity index is 1.20. The maximum Gasteiger partial charge on any atom is 0.223 e. The quantitative estimate of drug-likeness (QED) is 0.883. The fourth-order valence-electron chi connectivity index (χ4n) is 4.36. The van der Waals surface area contributed by atoms with Gasteiger partial charge in [0.05, 0.1) is 6.33 Å². The second-order valence-corrected chi connectivity index (χ2v) is 6.84. The van der Waals surface area contributed by atoms with E-state index in [2.05, 4.69) is 15.2 Å². The number of fused-ring (bicyclic) bond motifs is 1. The topological polar surface area (TPSA) is 50.2 Å². The van der Waals surface area contributed by atoms with Crippen LogP contribution in [0.15, 0.2) is 18.7 Å². The largest absolute Gasteiger partial charge is 0.354 e. The van der Waals surface area contributed by atoms with Gasteiger partial charge in [-0.15, -0.1) is 0 Å². The van der Waals surface area contributed by atoms with Gasteiger partial charge in [-0.3, -0.25) is 9.69 Å². The van der Waals surface area contributed by atoms with E-state index < -0.39 is 0 Å². The molecule has 2 unspecified atom stereocenters. The summed E-state index contributed by atoms with van der Waals surface area (Å²) >= 11 is 0. The summed E-state index contributed by atoms with van der Waals surface area (Å²) in [4.78, 5) is 18.9. The van der Waals surface area contributed by atoms with Crippen LogP contribution >= 0.6 is 0 Å². The van der Waals surface area contributed by atoms with Crippen molar-refractivity contribution in [3.8, 4) is 0 Å². The Morgan fingerprint density at radius 1 is 1.24 bits per heavy atom. The molecule has 3 fully saturated rings. The SMILES string of the molecule is O=C(NCCn1ccnc1)C1C2CN(C3CCCC3)CC21. The van der Waals surface area contributed by atoms with E-state index in [1.165, 1.54) is 25.7 Å². The van der Waals surface area contributed by atoms with Crippen molar-refractivity contribution >= 4 is 5.91 Å². The first-order chi connectivity index (χ1) is 10.3. The van der Waals surface area contributed by atoms with Crippen LogP contribution in [0.2, 0.25) is 0 Å². The molecule has 1 N–H and O–H groups in total. The lowest BCUT2D eigenvalue weighted by molar-refractivity contribution is -0.123. The van der Waals surface area contributed by atoms with E-state index in [4.69, 9.17) is 0 Å². The minimum Gasteiger partial charge on any atom is -0.354 e. The number of hydrogen-bond donors (Lipinski definition) is 1. The maximum atomic E-state index is 12.2. The number of amides is 1. The third kappa shape index (κ3) is 2.59. The van der Waals surface area contributed by atoms with Crippen molar-refractivity contribution in [2.75, 3.05) is 19.6 Å². The van der Waals surface area contributed by atoms with Crippen molar-refractivity contribution in [1.82, 2.24) is 19.8 Å². The van der Waals surface area contributed by atoms with Gasteiger partial charge < -0.3 is 9.88 Å². The summed E-state index contributed by atoms with van der Waals surface area (Å²) in [5.74, 6) is 1.85. The van der Waals surface area contributed by atoms with Crippen LogP contribution < -0.4 is 5.32 Å². The van der Waals surface area contributed by atoms with Crippen LogP contribution in [0.5, 0.6) is 0 Å². The monoisotopic (exact) mass is 288 g/mol. The minimum atomic E-state index is 0.274. The molecular formula is C16H24N4O. The molecular weight excluding hydrogens is 264 g/mol. The van der Waals surface area contributed by atoms with E-state index in [0.29, 0.717) is 24.3 Å². The third-order valence-electron chi connectivity index (χ3n) is 5.59. The number of piperidine rings is 1. The molecule has 4 rings (SSSR count). The summed E-state index contributed by atoms with van der Waals surface area (Å²) in [5, 5.41) is 3.09. The zero-order valence-corrected chi connectivity index (χ0v) is 12.4. The molecule has 2 atom stereocenters. The number of nitrogens with one attached hydrogen (secondary N) is 1. The lowest BCUT2D eigenvalue weighted by atomic mass is 10.1. The second-order valence-electron chi connectivity index (χ2n) is 6.84. The number of carbonyl (C=O) groups is 1. The first kappa shape index (κ1) is 13.3. The summed E-state index contributed by atoms with van der Waals surface area (Å²) in [6, 6.07) is 0.822. The number of likely N-dealkylation sites (tertiary alicyclic amines) is 1. The Morgan fingerprint density at radius 3 is 2.67 bits per heavy atom. The van der Waals surface area contributed by atoms with Gasteiger partial charge in [0.25, 0.3) is 0 Å². The number of aromatic nitrogens is 2. The van der Waals surface area contributed by atoms with E-state index in [1.807, 2.05) is 10.8 Å². The average Bonchev–Trinajstić information content (AvgIpc) is 3.04. The summed E-state index contributed by atoms with van der Waals surface area (Å²) in [5.41, 5.74) is 0. The molecule has 1 saturated heterocycles. The van der Waals surface area contributed by atoms with Crippen LogP contribution in [0.3, 0.4) is 0 Å². The molecule has 1 aliphatic heterocycles. The Kier molecular flexibility index (Phi) is 3.45. The zero-order chi connectivity index (χ0) is 14.2. The van der Waals surface area contributed by atoms with Crippen LogP contribution in [0, 0.1) is 17.8 Å². The van der Waals surface area contributed by atoms with Gasteiger partial charge in [-0.2, -0.15) is 0 Å². The highest BCUT2D eigenvalue weighted by atomic mass is 16.2. The van der Waals surface area contributed by atoms with E-state index in [1.54, 1.807) is 12.5 Å². The Hall–Kier alpha value is -1.36. The number of carbonyl (C=O) groups excluding carboxylic acids is 1. The molecule has 0 aromatic carbocycles.